The van der Waals surface area contributed by atoms with Gasteiger partial charge in [-0.1, -0.05) is 12.1 Å². The number of hydrogen-bond donors (Lipinski definition) is 1. The van der Waals surface area contributed by atoms with Crippen LogP contribution < -0.4 is 4.74 Å². The molecule has 1 atom stereocenters. The summed E-state index contributed by atoms with van der Waals surface area (Å²) in [4.78, 5) is 11.5. The molecule has 1 aromatic carbocycles. The molecule has 0 amide bonds. The summed E-state index contributed by atoms with van der Waals surface area (Å²) in [6, 6.07) is 6.48. The summed E-state index contributed by atoms with van der Waals surface area (Å²) >= 11 is 0. The van der Waals surface area contributed by atoms with E-state index in [9.17, 15) is 14.3 Å². The van der Waals surface area contributed by atoms with Crippen molar-refractivity contribution in [2.45, 2.75) is 12.2 Å². The van der Waals surface area contributed by atoms with Gasteiger partial charge in [0.2, 0.25) is 5.79 Å². The Morgan fingerprint density at radius 2 is 2.21 bits per heavy atom. The van der Waals surface area contributed by atoms with Crippen molar-refractivity contribution in [2.24, 2.45) is 0 Å². The van der Waals surface area contributed by atoms with E-state index in [1.165, 1.54) is 6.07 Å². The van der Waals surface area contributed by atoms with Crippen molar-refractivity contribution in [3.8, 4) is 5.75 Å². The van der Waals surface area contributed by atoms with E-state index in [1.807, 2.05) is 0 Å². The first-order valence-corrected chi connectivity index (χ1v) is 4.24. The zero-order valence-corrected chi connectivity index (χ0v) is 7.37. The maximum Gasteiger partial charge on any atom is 0.244 e. The fourth-order valence-corrected chi connectivity index (χ4v) is 1.45. The van der Waals surface area contributed by atoms with E-state index < -0.39 is 12.5 Å². The SMILES string of the molecule is O=C1CC(O)(CF)Oc2ccccc21. The molecule has 4 heteroatoms. The highest BCUT2D eigenvalue weighted by Gasteiger charge is 2.38. The van der Waals surface area contributed by atoms with Crippen molar-refractivity contribution >= 4 is 5.78 Å². The van der Waals surface area contributed by atoms with Crippen molar-refractivity contribution < 1.29 is 19.0 Å². The summed E-state index contributed by atoms with van der Waals surface area (Å²) in [6.07, 6.45) is -0.333. The van der Waals surface area contributed by atoms with Gasteiger partial charge in [-0.15, -0.1) is 0 Å². The molecule has 1 aliphatic rings. The molecule has 74 valence electrons. The largest absolute Gasteiger partial charge is 0.458 e. The van der Waals surface area contributed by atoms with Crippen LogP contribution in [-0.2, 0) is 0 Å². The van der Waals surface area contributed by atoms with Crippen molar-refractivity contribution in [2.75, 3.05) is 6.67 Å². The summed E-state index contributed by atoms with van der Waals surface area (Å²) in [7, 11) is 0. The van der Waals surface area contributed by atoms with Crippen LogP contribution in [0.1, 0.15) is 16.8 Å². The number of fused-ring (bicyclic) bond motifs is 1. The lowest BCUT2D eigenvalue weighted by Gasteiger charge is -2.30. The van der Waals surface area contributed by atoms with E-state index >= 15 is 0 Å². The number of halogens is 1. The zero-order valence-electron chi connectivity index (χ0n) is 7.37. The number of benzene rings is 1. The number of aliphatic hydroxyl groups is 1. The minimum absolute atomic E-state index is 0.240. The Kier molecular flexibility index (Phi) is 2.00. The standard InChI is InChI=1S/C10H9FO3/c11-6-10(13)5-8(12)7-3-1-2-4-9(7)14-10/h1-4,13H,5-6H2. The van der Waals surface area contributed by atoms with Crippen molar-refractivity contribution in [1.29, 1.82) is 0 Å². The molecule has 0 aliphatic carbocycles. The second-order valence-electron chi connectivity index (χ2n) is 3.28. The Bertz CT molecular complexity index is 377. The number of hydrogen-bond acceptors (Lipinski definition) is 3. The summed E-state index contributed by atoms with van der Waals surface area (Å²) in [5, 5.41) is 9.48. The smallest absolute Gasteiger partial charge is 0.244 e. The average Bonchev–Trinajstić information content (AvgIpc) is 2.18. The Morgan fingerprint density at radius 3 is 2.93 bits per heavy atom. The quantitative estimate of drug-likeness (QED) is 0.736. The monoisotopic (exact) mass is 196 g/mol. The van der Waals surface area contributed by atoms with Gasteiger partial charge in [0, 0.05) is 0 Å². The normalized spacial score (nSPS) is 25.4. The topological polar surface area (TPSA) is 46.5 Å². The average molecular weight is 196 g/mol. The number of ketones is 1. The Morgan fingerprint density at radius 1 is 1.50 bits per heavy atom. The number of ether oxygens (including phenoxy) is 1. The third-order valence-corrected chi connectivity index (χ3v) is 2.13. The molecule has 3 nitrogen and oxygen atoms in total. The van der Waals surface area contributed by atoms with Crippen LogP contribution in [0.15, 0.2) is 24.3 Å². The number of carbonyl (C=O) groups is 1. The lowest BCUT2D eigenvalue weighted by Crippen LogP contribution is -2.43. The third-order valence-electron chi connectivity index (χ3n) is 2.13. The van der Waals surface area contributed by atoms with E-state index in [2.05, 4.69) is 0 Å². The van der Waals surface area contributed by atoms with Gasteiger partial charge in [0.25, 0.3) is 0 Å². The number of rotatable bonds is 1. The molecule has 0 spiro atoms. The first-order valence-electron chi connectivity index (χ1n) is 4.24. The molecule has 0 saturated carbocycles. The minimum Gasteiger partial charge on any atom is -0.458 e. The highest BCUT2D eigenvalue weighted by Crippen LogP contribution is 2.31. The predicted octanol–water partition coefficient (Wildman–Crippen LogP) is 1.31. The summed E-state index contributed by atoms with van der Waals surface area (Å²) in [5.74, 6) is -2.04. The summed E-state index contributed by atoms with van der Waals surface area (Å²) in [5.41, 5.74) is 0.394. The van der Waals surface area contributed by atoms with Crippen molar-refractivity contribution in [1.82, 2.24) is 0 Å². The number of Topliss-reactive ketones (excluding diaryl/α,β-unsaturated/α-hetero) is 1. The van der Waals surface area contributed by atoms with Crippen molar-refractivity contribution in [3.63, 3.8) is 0 Å². The van der Waals surface area contributed by atoms with Gasteiger partial charge in [-0.05, 0) is 12.1 Å². The lowest BCUT2D eigenvalue weighted by atomic mass is 9.99. The summed E-state index contributed by atoms with van der Waals surface area (Å²) in [6.45, 7) is -1.09. The van der Waals surface area contributed by atoms with Gasteiger partial charge in [-0.3, -0.25) is 4.79 Å². The lowest BCUT2D eigenvalue weighted by molar-refractivity contribution is -0.150. The van der Waals surface area contributed by atoms with Crippen LogP contribution in [0.3, 0.4) is 0 Å². The number of alkyl halides is 1. The zero-order chi connectivity index (χ0) is 10.2. The van der Waals surface area contributed by atoms with Gasteiger partial charge in [0.05, 0.1) is 12.0 Å². The first-order chi connectivity index (χ1) is 6.64. The van der Waals surface area contributed by atoms with Crippen LogP contribution in [0.25, 0.3) is 0 Å². The van der Waals surface area contributed by atoms with E-state index in [1.54, 1.807) is 18.2 Å². The van der Waals surface area contributed by atoms with Gasteiger partial charge < -0.3 is 9.84 Å². The van der Waals surface area contributed by atoms with Crippen LogP contribution in [0.4, 0.5) is 4.39 Å². The molecule has 1 unspecified atom stereocenters. The third kappa shape index (κ3) is 1.37. The van der Waals surface area contributed by atoms with Crippen LogP contribution >= 0.6 is 0 Å². The fourth-order valence-electron chi connectivity index (χ4n) is 1.45. The number of carbonyl (C=O) groups excluding carboxylic acids is 1. The van der Waals surface area contributed by atoms with E-state index in [0.717, 1.165) is 0 Å². The van der Waals surface area contributed by atoms with Gasteiger partial charge >= 0.3 is 0 Å². The molecular weight excluding hydrogens is 187 g/mol. The van der Waals surface area contributed by atoms with E-state index in [4.69, 9.17) is 4.74 Å². The van der Waals surface area contributed by atoms with Crippen LogP contribution in [0, 0.1) is 0 Å². The Hall–Kier alpha value is -1.42. The molecule has 0 radical (unpaired) electrons. The molecule has 2 rings (SSSR count). The molecular formula is C10H9FO3. The molecule has 14 heavy (non-hydrogen) atoms. The fraction of sp³-hybridized carbons (Fsp3) is 0.300. The molecule has 0 aromatic heterocycles. The van der Waals surface area contributed by atoms with Crippen LogP contribution in [-0.4, -0.2) is 23.4 Å². The second-order valence-corrected chi connectivity index (χ2v) is 3.28. The number of para-hydroxylation sites is 1. The molecule has 1 aliphatic heterocycles. The minimum atomic E-state index is -1.98. The second kappa shape index (κ2) is 3.06. The van der Waals surface area contributed by atoms with Crippen LogP contribution in [0.2, 0.25) is 0 Å². The molecule has 1 aromatic rings. The Labute approximate surface area is 80.1 Å². The summed E-state index contributed by atoms with van der Waals surface area (Å²) < 4.78 is 17.4. The molecule has 0 bridgehead atoms. The van der Waals surface area contributed by atoms with Gasteiger partial charge in [-0.25, -0.2) is 4.39 Å². The van der Waals surface area contributed by atoms with Gasteiger partial charge in [0.1, 0.15) is 5.75 Å². The van der Waals surface area contributed by atoms with Gasteiger partial charge in [-0.2, -0.15) is 0 Å². The van der Waals surface area contributed by atoms with Crippen molar-refractivity contribution in [3.05, 3.63) is 29.8 Å². The molecule has 0 saturated heterocycles. The maximum atomic E-state index is 12.4. The van der Waals surface area contributed by atoms with Gasteiger partial charge in [0.15, 0.2) is 12.5 Å². The van der Waals surface area contributed by atoms with Crippen LogP contribution in [0.5, 0.6) is 5.75 Å². The Balaban J connectivity index is 2.43. The first kappa shape index (κ1) is 9.15. The van der Waals surface area contributed by atoms with E-state index in [-0.39, 0.29) is 18.0 Å². The van der Waals surface area contributed by atoms with E-state index in [0.29, 0.717) is 5.56 Å². The maximum absolute atomic E-state index is 12.4. The molecule has 0 fully saturated rings. The highest BCUT2D eigenvalue weighted by molar-refractivity contribution is 6.00. The predicted molar refractivity (Wildman–Crippen MR) is 46.9 cm³/mol. The molecule has 1 heterocycles. The highest BCUT2D eigenvalue weighted by atomic mass is 19.1. The molecule has 1 N–H and O–H groups in total.